The number of sulfonamides is 1. The second-order valence-electron chi connectivity index (χ2n) is 5.42. The van der Waals surface area contributed by atoms with Crippen molar-refractivity contribution in [2.24, 2.45) is 5.14 Å². The van der Waals surface area contributed by atoms with Gasteiger partial charge in [-0.05, 0) is 37.3 Å². The minimum Gasteiger partial charge on any atom is -0.496 e. The Balaban J connectivity index is 2.18. The van der Waals surface area contributed by atoms with Gasteiger partial charge in [0.1, 0.15) is 11.3 Å². The van der Waals surface area contributed by atoms with E-state index in [0.717, 1.165) is 6.07 Å². The average Bonchev–Trinajstić information content (AvgIpc) is 2.62. The van der Waals surface area contributed by atoms with E-state index in [-0.39, 0.29) is 16.2 Å². The molecule has 0 aromatic heterocycles. The molecule has 0 unspecified atom stereocenters. The number of nitrogens with two attached hydrogens (primary N) is 1. The summed E-state index contributed by atoms with van der Waals surface area (Å²) in [5.41, 5.74) is 0.183. The molecule has 0 aliphatic heterocycles. The van der Waals surface area contributed by atoms with Crippen molar-refractivity contribution in [1.29, 1.82) is 0 Å². The number of anilines is 1. The molecule has 1 atom stereocenters. The molecule has 3 N–H and O–H groups in total. The Bertz CT molecular complexity index is 977. The number of hydrogen-bond donors (Lipinski definition) is 2. The van der Waals surface area contributed by atoms with Gasteiger partial charge in [0.05, 0.1) is 22.7 Å². The molecule has 0 bridgehead atoms. The van der Waals surface area contributed by atoms with Gasteiger partial charge in [-0.25, -0.2) is 18.4 Å². The summed E-state index contributed by atoms with van der Waals surface area (Å²) in [6.45, 7) is 1.36. The number of esters is 1. The molecule has 1 amide bonds. The molecular weight excluding hydrogens is 396 g/mol. The third-order valence-corrected chi connectivity index (χ3v) is 4.74. The molecule has 0 saturated heterocycles. The number of nitrogens with one attached hydrogen (secondary N) is 1. The van der Waals surface area contributed by atoms with Crippen molar-refractivity contribution in [3.8, 4) is 5.75 Å². The van der Waals surface area contributed by atoms with E-state index in [9.17, 15) is 18.0 Å². The number of amides is 1. The average molecular weight is 413 g/mol. The summed E-state index contributed by atoms with van der Waals surface area (Å²) in [6.07, 6.45) is -1.18. The minimum atomic E-state index is -4.03. The highest BCUT2D eigenvalue weighted by Crippen LogP contribution is 2.24. The Morgan fingerprint density at radius 3 is 2.44 bits per heavy atom. The Labute approximate surface area is 161 Å². The van der Waals surface area contributed by atoms with Gasteiger partial charge in [-0.1, -0.05) is 23.7 Å². The van der Waals surface area contributed by atoms with Crippen LogP contribution in [0.1, 0.15) is 17.3 Å². The molecule has 144 valence electrons. The number of hydrogen-bond acceptors (Lipinski definition) is 6. The summed E-state index contributed by atoms with van der Waals surface area (Å²) >= 11 is 5.97. The number of methoxy groups -OCH3 is 1. The lowest BCUT2D eigenvalue weighted by Crippen LogP contribution is -2.30. The maximum Gasteiger partial charge on any atom is 0.342 e. The van der Waals surface area contributed by atoms with Gasteiger partial charge < -0.3 is 14.8 Å². The zero-order valence-electron chi connectivity index (χ0n) is 14.4. The van der Waals surface area contributed by atoms with Crippen LogP contribution in [0.25, 0.3) is 0 Å². The Morgan fingerprint density at radius 2 is 1.85 bits per heavy atom. The van der Waals surface area contributed by atoms with E-state index in [2.05, 4.69) is 5.32 Å². The van der Waals surface area contributed by atoms with E-state index in [1.54, 1.807) is 24.3 Å². The van der Waals surface area contributed by atoms with Crippen LogP contribution in [-0.4, -0.2) is 33.5 Å². The molecule has 0 heterocycles. The second kappa shape index (κ2) is 8.38. The number of carbonyl (C=O) groups excluding carboxylic acids is 2. The van der Waals surface area contributed by atoms with Crippen molar-refractivity contribution in [2.45, 2.75) is 17.9 Å². The molecule has 0 aliphatic rings. The summed E-state index contributed by atoms with van der Waals surface area (Å²) in [5, 5.41) is 7.93. The van der Waals surface area contributed by atoms with Crippen molar-refractivity contribution in [1.82, 2.24) is 0 Å². The Kier molecular flexibility index (Phi) is 6.42. The van der Waals surface area contributed by atoms with Crippen LogP contribution in [0.5, 0.6) is 5.75 Å². The van der Waals surface area contributed by atoms with Gasteiger partial charge in [-0.2, -0.15) is 0 Å². The van der Waals surface area contributed by atoms with Crippen LogP contribution >= 0.6 is 11.6 Å². The zero-order chi connectivity index (χ0) is 20.2. The fourth-order valence-electron chi connectivity index (χ4n) is 2.10. The van der Waals surface area contributed by atoms with Crippen LogP contribution in [0.4, 0.5) is 5.69 Å². The maximum absolute atomic E-state index is 12.4. The van der Waals surface area contributed by atoms with Crippen LogP contribution in [0.2, 0.25) is 5.02 Å². The molecule has 2 aromatic rings. The number of primary sulfonamides is 1. The zero-order valence-corrected chi connectivity index (χ0v) is 16.0. The van der Waals surface area contributed by atoms with Crippen LogP contribution in [-0.2, 0) is 19.6 Å². The molecular formula is C17H17ClN2O6S. The second-order valence-corrected chi connectivity index (χ2v) is 7.39. The standard InChI is InChI=1S/C17H17ClN2O6S/c1-10(16(21)20-14-6-4-3-5-13(14)18)26-17(22)12-9-11(27(19,23)24)7-8-15(12)25-2/h3-10H,1-2H3,(H,20,21)(H2,19,23,24)/t10-/m1/s1. The third-order valence-electron chi connectivity index (χ3n) is 3.50. The first-order chi connectivity index (χ1) is 12.6. The third kappa shape index (κ3) is 5.19. The molecule has 10 heteroatoms. The van der Waals surface area contributed by atoms with Crippen molar-refractivity contribution < 1.29 is 27.5 Å². The first-order valence-corrected chi connectivity index (χ1v) is 9.53. The van der Waals surface area contributed by atoms with Crippen LogP contribution < -0.4 is 15.2 Å². The normalized spacial score (nSPS) is 12.1. The molecule has 8 nitrogen and oxygen atoms in total. The minimum absolute atomic E-state index is 0.0751. The van der Waals surface area contributed by atoms with Gasteiger partial charge in [0.2, 0.25) is 10.0 Å². The Morgan fingerprint density at radius 1 is 1.19 bits per heavy atom. The van der Waals surface area contributed by atoms with E-state index in [1.165, 1.54) is 26.2 Å². The Hall–Kier alpha value is -2.62. The van der Waals surface area contributed by atoms with E-state index >= 15 is 0 Å². The number of halogens is 1. The van der Waals surface area contributed by atoms with E-state index in [1.807, 2.05) is 0 Å². The lowest BCUT2D eigenvalue weighted by Gasteiger charge is -2.15. The monoisotopic (exact) mass is 412 g/mol. The first kappa shape index (κ1) is 20.7. The molecule has 0 spiro atoms. The van der Waals surface area contributed by atoms with E-state index in [4.69, 9.17) is 26.2 Å². The number of para-hydroxylation sites is 1. The number of benzene rings is 2. The molecule has 0 saturated carbocycles. The van der Waals surface area contributed by atoms with Gasteiger partial charge in [0, 0.05) is 0 Å². The number of rotatable bonds is 6. The molecule has 2 aromatic carbocycles. The molecule has 2 rings (SSSR count). The smallest absolute Gasteiger partial charge is 0.342 e. The fraction of sp³-hybridized carbons (Fsp3) is 0.176. The highest BCUT2D eigenvalue weighted by Gasteiger charge is 2.23. The molecule has 27 heavy (non-hydrogen) atoms. The summed E-state index contributed by atoms with van der Waals surface area (Å²) in [7, 11) is -2.73. The summed E-state index contributed by atoms with van der Waals surface area (Å²) < 4.78 is 33.1. The van der Waals surface area contributed by atoms with Crippen LogP contribution in [0.15, 0.2) is 47.4 Å². The SMILES string of the molecule is COc1ccc(S(N)(=O)=O)cc1C(=O)O[C@H](C)C(=O)Nc1ccccc1Cl. The maximum atomic E-state index is 12.4. The van der Waals surface area contributed by atoms with Crippen LogP contribution in [0.3, 0.4) is 0 Å². The van der Waals surface area contributed by atoms with Gasteiger partial charge >= 0.3 is 5.97 Å². The topological polar surface area (TPSA) is 125 Å². The lowest BCUT2D eigenvalue weighted by molar-refractivity contribution is -0.123. The van der Waals surface area contributed by atoms with Crippen molar-refractivity contribution in [3.63, 3.8) is 0 Å². The number of ether oxygens (including phenoxy) is 2. The van der Waals surface area contributed by atoms with Crippen molar-refractivity contribution in [3.05, 3.63) is 53.1 Å². The molecule has 0 aliphatic carbocycles. The van der Waals surface area contributed by atoms with E-state index < -0.39 is 28.0 Å². The first-order valence-electron chi connectivity index (χ1n) is 7.60. The quantitative estimate of drug-likeness (QED) is 0.700. The lowest BCUT2D eigenvalue weighted by atomic mass is 10.2. The molecule has 0 fully saturated rings. The molecule has 0 radical (unpaired) electrons. The van der Waals surface area contributed by atoms with Gasteiger partial charge in [-0.15, -0.1) is 0 Å². The number of carbonyl (C=O) groups is 2. The summed E-state index contributed by atoms with van der Waals surface area (Å²) in [4.78, 5) is 24.3. The highest BCUT2D eigenvalue weighted by atomic mass is 35.5. The van der Waals surface area contributed by atoms with Crippen molar-refractivity contribution in [2.75, 3.05) is 12.4 Å². The predicted molar refractivity (Wildman–Crippen MR) is 99.3 cm³/mol. The highest BCUT2D eigenvalue weighted by molar-refractivity contribution is 7.89. The summed E-state index contributed by atoms with van der Waals surface area (Å²) in [5.74, 6) is -1.48. The van der Waals surface area contributed by atoms with E-state index in [0.29, 0.717) is 10.7 Å². The predicted octanol–water partition coefficient (Wildman–Crippen LogP) is 2.18. The van der Waals surface area contributed by atoms with Crippen LogP contribution in [0, 0.1) is 0 Å². The van der Waals surface area contributed by atoms with Crippen molar-refractivity contribution >= 4 is 39.2 Å². The van der Waals surface area contributed by atoms with Gasteiger partial charge in [0.25, 0.3) is 5.91 Å². The fourth-order valence-corrected chi connectivity index (χ4v) is 2.82. The van der Waals surface area contributed by atoms with Gasteiger partial charge in [-0.3, -0.25) is 4.79 Å². The largest absolute Gasteiger partial charge is 0.496 e. The summed E-state index contributed by atoms with van der Waals surface area (Å²) in [6, 6.07) is 10.1. The van der Waals surface area contributed by atoms with Gasteiger partial charge in [0.15, 0.2) is 6.10 Å².